The Morgan fingerprint density at radius 2 is 2.15 bits per heavy atom. The van der Waals surface area contributed by atoms with Crippen molar-refractivity contribution in [2.75, 3.05) is 19.6 Å². The summed E-state index contributed by atoms with van der Waals surface area (Å²) in [4.78, 5) is 2.76. The second-order valence-electron chi connectivity index (χ2n) is 6.50. The maximum atomic E-state index is 3.63. The van der Waals surface area contributed by atoms with Crippen LogP contribution in [0, 0.1) is 0 Å². The SMILES string of the molecule is CCNC(C)C1CCCCN1CC1Cc2ccccc21. The molecule has 3 unspecified atom stereocenters. The van der Waals surface area contributed by atoms with Crippen molar-refractivity contribution in [1.29, 1.82) is 0 Å². The first kappa shape index (κ1) is 14.1. The first-order chi connectivity index (χ1) is 9.79. The smallest absolute Gasteiger partial charge is 0.0246 e. The van der Waals surface area contributed by atoms with Crippen molar-refractivity contribution in [2.24, 2.45) is 0 Å². The molecule has 0 saturated carbocycles. The van der Waals surface area contributed by atoms with Gasteiger partial charge in [-0.2, -0.15) is 0 Å². The van der Waals surface area contributed by atoms with Crippen molar-refractivity contribution in [3.05, 3.63) is 35.4 Å². The van der Waals surface area contributed by atoms with E-state index in [4.69, 9.17) is 0 Å². The van der Waals surface area contributed by atoms with Gasteiger partial charge in [-0.1, -0.05) is 37.6 Å². The number of rotatable bonds is 5. The molecule has 0 spiro atoms. The molecule has 2 heteroatoms. The third-order valence-corrected chi connectivity index (χ3v) is 5.18. The first-order valence-corrected chi connectivity index (χ1v) is 8.34. The predicted molar refractivity (Wildman–Crippen MR) is 85.2 cm³/mol. The molecule has 3 atom stereocenters. The van der Waals surface area contributed by atoms with Crippen LogP contribution in [0.15, 0.2) is 24.3 Å². The van der Waals surface area contributed by atoms with Crippen molar-refractivity contribution in [3.63, 3.8) is 0 Å². The van der Waals surface area contributed by atoms with Crippen LogP contribution in [0.25, 0.3) is 0 Å². The van der Waals surface area contributed by atoms with E-state index in [2.05, 4.69) is 48.3 Å². The van der Waals surface area contributed by atoms with Crippen LogP contribution in [0.4, 0.5) is 0 Å². The van der Waals surface area contributed by atoms with E-state index in [0.29, 0.717) is 6.04 Å². The molecule has 3 rings (SSSR count). The Morgan fingerprint density at radius 1 is 1.30 bits per heavy atom. The molecular weight excluding hydrogens is 244 g/mol. The molecule has 1 aromatic carbocycles. The predicted octanol–water partition coefficient (Wildman–Crippen LogP) is 3.18. The number of nitrogens with zero attached hydrogens (tertiary/aromatic N) is 1. The minimum atomic E-state index is 0.621. The second-order valence-corrected chi connectivity index (χ2v) is 6.50. The third-order valence-electron chi connectivity index (χ3n) is 5.18. The molecule has 0 amide bonds. The van der Waals surface area contributed by atoms with Gasteiger partial charge in [0.05, 0.1) is 0 Å². The minimum absolute atomic E-state index is 0.621. The van der Waals surface area contributed by atoms with Crippen LogP contribution in [0.3, 0.4) is 0 Å². The van der Waals surface area contributed by atoms with Crippen LogP contribution in [0.2, 0.25) is 0 Å². The molecule has 1 aliphatic carbocycles. The van der Waals surface area contributed by atoms with Crippen LogP contribution >= 0.6 is 0 Å². The van der Waals surface area contributed by atoms with Gasteiger partial charge in [0.2, 0.25) is 0 Å². The van der Waals surface area contributed by atoms with E-state index in [1.165, 1.54) is 38.8 Å². The number of hydrogen-bond donors (Lipinski definition) is 1. The number of piperidine rings is 1. The van der Waals surface area contributed by atoms with Gasteiger partial charge in [0.15, 0.2) is 0 Å². The minimum Gasteiger partial charge on any atom is -0.313 e. The maximum Gasteiger partial charge on any atom is 0.0246 e. The average Bonchev–Trinajstić information content (AvgIpc) is 2.45. The average molecular weight is 272 g/mol. The molecule has 1 aromatic rings. The fourth-order valence-electron chi connectivity index (χ4n) is 4.08. The van der Waals surface area contributed by atoms with Crippen LogP contribution in [0.5, 0.6) is 0 Å². The molecule has 0 radical (unpaired) electrons. The van der Waals surface area contributed by atoms with Crippen molar-refractivity contribution in [1.82, 2.24) is 10.2 Å². The Bertz CT molecular complexity index is 443. The van der Waals surface area contributed by atoms with Crippen LogP contribution in [-0.2, 0) is 6.42 Å². The second kappa shape index (κ2) is 6.28. The molecule has 2 aliphatic rings. The molecular formula is C18H28N2. The third kappa shape index (κ3) is 2.77. The molecule has 1 aliphatic heterocycles. The number of hydrogen-bond acceptors (Lipinski definition) is 2. The Labute approximate surface area is 123 Å². The molecule has 0 bridgehead atoms. The van der Waals surface area contributed by atoms with E-state index in [0.717, 1.165) is 18.5 Å². The summed E-state index contributed by atoms with van der Waals surface area (Å²) in [7, 11) is 0. The Hall–Kier alpha value is -0.860. The fourth-order valence-corrected chi connectivity index (χ4v) is 4.08. The van der Waals surface area contributed by atoms with Gasteiger partial charge >= 0.3 is 0 Å². The van der Waals surface area contributed by atoms with Crippen molar-refractivity contribution in [3.8, 4) is 0 Å². The highest BCUT2D eigenvalue weighted by atomic mass is 15.2. The standard InChI is InChI=1S/C18H28N2/c1-3-19-14(2)18-10-6-7-11-20(18)13-16-12-15-8-4-5-9-17(15)16/h4-5,8-9,14,16,18-19H,3,6-7,10-13H2,1-2H3. The van der Waals surface area contributed by atoms with E-state index >= 15 is 0 Å². The van der Waals surface area contributed by atoms with Crippen molar-refractivity contribution in [2.45, 2.75) is 57.5 Å². The lowest BCUT2D eigenvalue weighted by molar-refractivity contribution is 0.109. The molecule has 2 nitrogen and oxygen atoms in total. The monoisotopic (exact) mass is 272 g/mol. The zero-order valence-electron chi connectivity index (χ0n) is 12.9. The van der Waals surface area contributed by atoms with E-state index in [-0.39, 0.29) is 0 Å². The van der Waals surface area contributed by atoms with Crippen LogP contribution in [0.1, 0.15) is 50.2 Å². The van der Waals surface area contributed by atoms with Crippen molar-refractivity contribution < 1.29 is 0 Å². The molecule has 1 N–H and O–H groups in total. The van der Waals surface area contributed by atoms with Gasteiger partial charge in [-0.15, -0.1) is 0 Å². The summed E-state index contributed by atoms with van der Waals surface area (Å²) >= 11 is 0. The molecule has 1 heterocycles. The number of likely N-dealkylation sites (N-methyl/N-ethyl adjacent to an activating group) is 1. The quantitative estimate of drug-likeness (QED) is 0.885. The summed E-state index contributed by atoms with van der Waals surface area (Å²) in [6.45, 7) is 8.21. The summed E-state index contributed by atoms with van der Waals surface area (Å²) in [6, 6.07) is 10.3. The molecule has 1 saturated heterocycles. The summed E-state index contributed by atoms with van der Waals surface area (Å²) in [6.07, 6.45) is 5.43. The van der Waals surface area contributed by atoms with Crippen LogP contribution < -0.4 is 5.32 Å². The molecule has 0 aromatic heterocycles. The molecule has 20 heavy (non-hydrogen) atoms. The molecule has 110 valence electrons. The first-order valence-electron chi connectivity index (χ1n) is 8.34. The lowest BCUT2D eigenvalue weighted by Crippen LogP contribution is -2.52. The van der Waals surface area contributed by atoms with Gasteiger partial charge in [0, 0.05) is 24.5 Å². The number of fused-ring (bicyclic) bond motifs is 1. The van der Waals surface area contributed by atoms with Gasteiger partial charge in [0.1, 0.15) is 0 Å². The van der Waals surface area contributed by atoms with Crippen molar-refractivity contribution >= 4 is 0 Å². The van der Waals surface area contributed by atoms with Gasteiger partial charge < -0.3 is 5.32 Å². The highest BCUT2D eigenvalue weighted by Crippen LogP contribution is 2.36. The number of likely N-dealkylation sites (tertiary alicyclic amines) is 1. The Morgan fingerprint density at radius 3 is 2.95 bits per heavy atom. The zero-order chi connectivity index (χ0) is 13.9. The van der Waals surface area contributed by atoms with Gasteiger partial charge in [-0.05, 0) is 50.4 Å². The summed E-state index contributed by atoms with van der Waals surface area (Å²) in [5.41, 5.74) is 3.18. The van der Waals surface area contributed by atoms with Gasteiger partial charge in [-0.3, -0.25) is 4.90 Å². The lowest BCUT2D eigenvalue weighted by Gasteiger charge is -2.43. The Balaban J connectivity index is 1.63. The van der Waals surface area contributed by atoms with Crippen LogP contribution in [-0.4, -0.2) is 36.6 Å². The highest BCUT2D eigenvalue weighted by Gasteiger charge is 2.32. The lowest BCUT2D eigenvalue weighted by atomic mass is 9.77. The maximum absolute atomic E-state index is 3.63. The topological polar surface area (TPSA) is 15.3 Å². The molecule has 1 fully saturated rings. The van der Waals surface area contributed by atoms with E-state index in [1.807, 2.05) is 0 Å². The Kier molecular flexibility index (Phi) is 4.42. The summed E-state index contributed by atoms with van der Waals surface area (Å²) in [5.74, 6) is 0.778. The summed E-state index contributed by atoms with van der Waals surface area (Å²) in [5, 5.41) is 3.63. The number of nitrogens with one attached hydrogen (secondary N) is 1. The summed E-state index contributed by atoms with van der Waals surface area (Å²) < 4.78 is 0. The van der Waals surface area contributed by atoms with Gasteiger partial charge in [0.25, 0.3) is 0 Å². The van der Waals surface area contributed by atoms with Gasteiger partial charge in [-0.25, -0.2) is 0 Å². The number of benzene rings is 1. The zero-order valence-corrected chi connectivity index (χ0v) is 12.9. The van der Waals surface area contributed by atoms with E-state index in [1.54, 1.807) is 11.1 Å². The van der Waals surface area contributed by atoms with E-state index in [9.17, 15) is 0 Å². The normalized spacial score (nSPS) is 27.7. The fraction of sp³-hybridized carbons (Fsp3) is 0.667. The largest absolute Gasteiger partial charge is 0.313 e. The highest BCUT2D eigenvalue weighted by molar-refractivity contribution is 5.40. The van der Waals surface area contributed by atoms with E-state index < -0.39 is 0 Å².